The van der Waals surface area contributed by atoms with Crippen molar-refractivity contribution in [3.8, 4) is 0 Å². The van der Waals surface area contributed by atoms with Crippen LogP contribution in [0.2, 0.25) is 0 Å². The number of aromatic amines is 1. The van der Waals surface area contributed by atoms with Crippen LogP contribution in [0.25, 0.3) is 11.6 Å². The third-order valence-corrected chi connectivity index (χ3v) is 7.46. The fraction of sp³-hybridized carbons (Fsp3) is 0.161. The molecule has 40 heavy (non-hydrogen) atoms. The number of furan rings is 1. The van der Waals surface area contributed by atoms with Crippen molar-refractivity contribution in [2.24, 2.45) is 0 Å². The number of Topliss-reactive ketones (excluding diaryl/α,β-unsaturated/α-hetero) is 1. The maximum absolute atomic E-state index is 13.2. The highest BCUT2D eigenvalue weighted by atomic mass is 16.3. The van der Waals surface area contributed by atoms with Gasteiger partial charge < -0.3 is 25.4 Å². The number of aromatic nitrogens is 1. The lowest BCUT2D eigenvalue weighted by Gasteiger charge is -2.14. The van der Waals surface area contributed by atoms with E-state index in [1.165, 1.54) is 24.0 Å². The minimum Gasteiger partial charge on any atom is -0.461 e. The number of nitrogens with one attached hydrogen (secondary N) is 4. The van der Waals surface area contributed by atoms with Crippen molar-refractivity contribution in [2.75, 3.05) is 10.6 Å². The first-order valence-electron chi connectivity index (χ1n) is 12.9. The molecular formula is C31H26N4O5. The molecule has 0 radical (unpaired) electrons. The Bertz CT molecular complexity index is 1730. The number of H-pyrrole nitrogens is 1. The van der Waals surface area contributed by atoms with Crippen LogP contribution < -0.4 is 16.0 Å². The number of amides is 3. The summed E-state index contributed by atoms with van der Waals surface area (Å²) in [6.45, 7) is 3.54. The average molecular weight is 535 g/mol. The highest BCUT2D eigenvalue weighted by molar-refractivity contribution is 6.46. The topological polar surface area (TPSA) is 133 Å². The number of anilines is 2. The Kier molecular flexibility index (Phi) is 6.18. The first-order chi connectivity index (χ1) is 19.3. The molecule has 3 amide bonds. The zero-order valence-electron chi connectivity index (χ0n) is 21.9. The number of carbonyl (C=O) groups is 4. The molecule has 1 unspecified atom stereocenters. The minimum absolute atomic E-state index is 0.0513. The van der Waals surface area contributed by atoms with Gasteiger partial charge in [0, 0.05) is 28.2 Å². The Morgan fingerprint density at radius 3 is 2.67 bits per heavy atom. The van der Waals surface area contributed by atoms with Crippen LogP contribution in [0, 0.1) is 13.8 Å². The Morgan fingerprint density at radius 2 is 1.88 bits per heavy atom. The molecule has 0 saturated carbocycles. The van der Waals surface area contributed by atoms with E-state index in [4.69, 9.17) is 4.42 Å². The summed E-state index contributed by atoms with van der Waals surface area (Å²) in [7, 11) is 0. The molecule has 6 rings (SSSR count). The number of benzene rings is 2. The number of hydrogen-bond acceptors (Lipinski definition) is 5. The molecule has 9 heteroatoms. The highest BCUT2D eigenvalue weighted by Gasteiger charge is 2.28. The molecule has 200 valence electrons. The van der Waals surface area contributed by atoms with Gasteiger partial charge in [-0.25, -0.2) is 0 Å². The molecule has 9 nitrogen and oxygen atoms in total. The molecule has 2 aliphatic rings. The van der Waals surface area contributed by atoms with Crippen molar-refractivity contribution >= 4 is 46.5 Å². The van der Waals surface area contributed by atoms with E-state index in [2.05, 4.69) is 27.0 Å². The van der Waals surface area contributed by atoms with E-state index in [0.29, 0.717) is 45.0 Å². The molecule has 2 aromatic heterocycles. The van der Waals surface area contributed by atoms with Crippen LogP contribution in [0.1, 0.15) is 67.0 Å². The zero-order chi connectivity index (χ0) is 28.0. The number of fused-ring (bicyclic) bond motifs is 2. The number of ketones is 1. The van der Waals surface area contributed by atoms with Gasteiger partial charge in [-0.3, -0.25) is 19.2 Å². The smallest absolute Gasteiger partial charge is 0.300 e. The monoisotopic (exact) mass is 534 g/mol. The van der Waals surface area contributed by atoms with Crippen LogP contribution in [-0.4, -0.2) is 28.5 Å². The Balaban J connectivity index is 1.25. The molecular weight excluding hydrogens is 508 g/mol. The predicted octanol–water partition coefficient (Wildman–Crippen LogP) is 4.96. The van der Waals surface area contributed by atoms with Crippen LogP contribution in [0.5, 0.6) is 0 Å². The van der Waals surface area contributed by atoms with Crippen molar-refractivity contribution < 1.29 is 23.6 Å². The molecule has 0 bridgehead atoms. The molecule has 1 atom stereocenters. The lowest BCUT2D eigenvalue weighted by atomic mass is 10.0. The molecule has 0 saturated heterocycles. The second kappa shape index (κ2) is 9.85. The minimum atomic E-state index is -0.830. The SMILES string of the molecule is Cc1[nH]c(/C=C2\C(=O)Nc3ccc(C(=O)NC4CCc5ccccc54)cc32)c(C)c1NC(=O)C(=O)c1ccco1. The maximum Gasteiger partial charge on any atom is 0.300 e. The van der Waals surface area contributed by atoms with Gasteiger partial charge >= 0.3 is 0 Å². The maximum atomic E-state index is 13.2. The number of rotatable bonds is 6. The molecule has 0 spiro atoms. The Morgan fingerprint density at radius 1 is 1.05 bits per heavy atom. The van der Waals surface area contributed by atoms with Crippen molar-refractivity contribution in [3.05, 3.63) is 106 Å². The standard InChI is InChI=1S/C31H26N4O5/c1-16-25(32-17(2)27(16)35-31(39)28(36)26-8-5-13-40-26)15-22-21-14-19(10-12-24(21)34-30(22)38)29(37)33-23-11-9-18-6-3-4-7-20(18)23/h3-8,10,12-15,23,32H,9,11H2,1-2H3,(H,33,37)(H,34,38)(H,35,39)/b22-15-. The molecule has 4 N–H and O–H groups in total. The lowest BCUT2D eigenvalue weighted by Crippen LogP contribution is -2.27. The summed E-state index contributed by atoms with van der Waals surface area (Å²) in [5.41, 5.74) is 6.74. The third-order valence-electron chi connectivity index (χ3n) is 7.46. The van der Waals surface area contributed by atoms with Gasteiger partial charge in [-0.05, 0) is 79.8 Å². The highest BCUT2D eigenvalue weighted by Crippen LogP contribution is 2.36. The Hall–Kier alpha value is -5.18. The van der Waals surface area contributed by atoms with Crippen molar-refractivity contribution in [1.29, 1.82) is 0 Å². The van der Waals surface area contributed by atoms with Crippen molar-refractivity contribution in [1.82, 2.24) is 10.3 Å². The third kappa shape index (κ3) is 4.41. The summed E-state index contributed by atoms with van der Waals surface area (Å²) in [4.78, 5) is 54.1. The molecule has 1 aliphatic carbocycles. The zero-order valence-corrected chi connectivity index (χ0v) is 21.9. The van der Waals surface area contributed by atoms with E-state index in [0.717, 1.165) is 18.4 Å². The van der Waals surface area contributed by atoms with Gasteiger partial charge in [-0.1, -0.05) is 24.3 Å². The van der Waals surface area contributed by atoms with Crippen LogP contribution in [0.15, 0.2) is 65.3 Å². The van der Waals surface area contributed by atoms with Crippen LogP contribution >= 0.6 is 0 Å². The second-order valence-corrected chi connectivity index (χ2v) is 9.96. The van der Waals surface area contributed by atoms with Gasteiger partial charge in [0.1, 0.15) is 0 Å². The summed E-state index contributed by atoms with van der Waals surface area (Å²) in [5, 5.41) is 8.62. The second-order valence-electron chi connectivity index (χ2n) is 9.96. The molecule has 2 aromatic carbocycles. The van der Waals surface area contributed by atoms with E-state index >= 15 is 0 Å². The fourth-order valence-electron chi connectivity index (χ4n) is 5.36. The number of aryl methyl sites for hydroxylation is 2. The summed E-state index contributed by atoms with van der Waals surface area (Å²) < 4.78 is 5.03. The number of carbonyl (C=O) groups excluding carboxylic acids is 4. The predicted molar refractivity (Wildman–Crippen MR) is 150 cm³/mol. The first kappa shape index (κ1) is 25.1. The van der Waals surface area contributed by atoms with E-state index in [1.54, 1.807) is 38.1 Å². The molecule has 1 aliphatic heterocycles. The first-order valence-corrected chi connectivity index (χ1v) is 12.9. The van der Waals surface area contributed by atoms with Crippen LogP contribution in [-0.2, 0) is 16.0 Å². The number of hydrogen-bond donors (Lipinski definition) is 4. The quantitative estimate of drug-likeness (QED) is 0.158. The van der Waals surface area contributed by atoms with E-state index in [-0.39, 0.29) is 23.6 Å². The summed E-state index contributed by atoms with van der Waals surface area (Å²) in [5.74, 6) is -2.18. The molecule has 4 aromatic rings. The summed E-state index contributed by atoms with van der Waals surface area (Å²) in [6.07, 6.45) is 4.77. The van der Waals surface area contributed by atoms with E-state index < -0.39 is 11.7 Å². The van der Waals surface area contributed by atoms with Crippen LogP contribution in [0.3, 0.4) is 0 Å². The normalized spacial score (nSPS) is 16.4. The van der Waals surface area contributed by atoms with Gasteiger partial charge in [0.25, 0.3) is 23.5 Å². The fourth-order valence-corrected chi connectivity index (χ4v) is 5.36. The lowest BCUT2D eigenvalue weighted by molar-refractivity contribution is -0.112. The van der Waals surface area contributed by atoms with E-state index in [9.17, 15) is 19.2 Å². The molecule has 0 fully saturated rings. The van der Waals surface area contributed by atoms with Gasteiger partial charge in [0.2, 0.25) is 0 Å². The van der Waals surface area contributed by atoms with Gasteiger partial charge in [0.05, 0.1) is 23.6 Å². The van der Waals surface area contributed by atoms with Gasteiger partial charge in [-0.2, -0.15) is 0 Å². The largest absolute Gasteiger partial charge is 0.461 e. The summed E-state index contributed by atoms with van der Waals surface area (Å²) in [6, 6.07) is 16.2. The summed E-state index contributed by atoms with van der Waals surface area (Å²) >= 11 is 0. The van der Waals surface area contributed by atoms with E-state index in [1.807, 2.05) is 18.2 Å². The van der Waals surface area contributed by atoms with Gasteiger partial charge in [-0.15, -0.1) is 0 Å². The Labute approximate surface area is 229 Å². The van der Waals surface area contributed by atoms with Crippen molar-refractivity contribution in [2.45, 2.75) is 32.7 Å². The van der Waals surface area contributed by atoms with Crippen molar-refractivity contribution in [3.63, 3.8) is 0 Å². The van der Waals surface area contributed by atoms with Gasteiger partial charge in [0.15, 0.2) is 5.76 Å². The molecule has 3 heterocycles. The average Bonchev–Trinajstić information content (AvgIpc) is 3.73. The van der Waals surface area contributed by atoms with Crippen LogP contribution in [0.4, 0.5) is 11.4 Å².